The molecule has 36 heavy (non-hydrogen) atoms. The molecule has 3 aliphatic rings. The molecule has 198 valence electrons. The topological polar surface area (TPSA) is 87.8 Å². The lowest BCUT2D eigenvalue weighted by molar-refractivity contribution is -0.800. The molecule has 2 aliphatic heterocycles. The van der Waals surface area contributed by atoms with E-state index in [1.54, 1.807) is 12.1 Å². The van der Waals surface area contributed by atoms with E-state index in [-0.39, 0.29) is 29.7 Å². The van der Waals surface area contributed by atoms with Crippen LogP contribution in [0.1, 0.15) is 64.9 Å². The summed E-state index contributed by atoms with van der Waals surface area (Å²) >= 11 is 0. The van der Waals surface area contributed by atoms with Crippen molar-refractivity contribution in [2.45, 2.75) is 71.0 Å². The lowest BCUT2D eigenvalue weighted by Crippen LogP contribution is -3.14. The lowest BCUT2D eigenvalue weighted by atomic mass is 9.86. The fraction of sp³-hybridized carbons (Fsp3) is 0.643. The van der Waals surface area contributed by atoms with Crippen LogP contribution >= 0.6 is 0 Å². The predicted molar refractivity (Wildman–Crippen MR) is 137 cm³/mol. The number of piperidine rings is 1. The van der Waals surface area contributed by atoms with Gasteiger partial charge in [-0.15, -0.1) is 0 Å². The van der Waals surface area contributed by atoms with E-state index >= 15 is 0 Å². The standard InChI is InChI=1S/C28H39FN2O5/c1-28(2,3)36-27(34)30-13-10-19(11-14-30)18-35-25-9-8-22(16-24(25)29)20-4-6-21(7-5-20)26(33)31-15-12-23(32)17-31/h4,8-9,16,19,21,23,32H,5-7,10-15,17-18H2,1-3H3/p+3/t21?,23-/m0/s1. The van der Waals surface area contributed by atoms with E-state index in [4.69, 9.17) is 9.47 Å². The monoisotopic (exact) mass is 505 g/mol. The molecule has 2 heterocycles. The first-order chi connectivity index (χ1) is 17.1. The molecule has 3 atom stereocenters. The molecule has 4 N–H and O–H groups in total. The van der Waals surface area contributed by atoms with Crippen molar-refractivity contribution in [3.05, 3.63) is 35.7 Å². The van der Waals surface area contributed by atoms with Crippen molar-refractivity contribution >= 4 is 17.6 Å². The highest BCUT2D eigenvalue weighted by Crippen LogP contribution is 2.32. The number of nitrogens with zero attached hydrogens (tertiary/aromatic N) is 1. The average Bonchev–Trinajstić information content (AvgIpc) is 3.28. The Labute approximate surface area is 213 Å². The third-order valence-electron chi connectivity index (χ3n) is 7.48. The maximum Gasteiger partial charge on any atom is 0.547 e. The molecule has 4 rings (SSSR count). The van der Waals surface area contributed by atoms with Crippen LogP contribution in [-0.4, -0.2) is 76.1 Å². The highest BCUT2D eigenvalue weighted by Gasteiger charge is 2.40. The number of amides is 1. The molecule has 1 amide bonds. The second kappa shape index (κ2) is 11.3. The Morgan fingerprint density at radius 2 is 1.94 bits per heavy atom. The van der Waals surface area contributed by atoms with E-state index in [2.05, 4.69) is 6.08 Å². The Balaban J connectivity index is 1.27. The molecule has 2 fully saturated rings. The third kappa shape index (κ3) is 6.85. The number of allylic oxidation sites excluding steroid dienone is 2. The first-order valence-corrected chi connectivity index (χ1v) is 13.3. The number of quaternary nitrogens is 1. The van der Waals surface area contributed by atoms with E-state index in [1.165, 1.54) is 0 Å². The Kier molecular flexibility index (Phi) is 8.35. The summed E-state index contributed by atoms with van der Waals surface area (Å²) in [6.07, 6.45) is 6.50. The van der Waals surface area contributed by atoms with Gasteiger partial charge in [0.1, 0.15) is 37.3 Å². The van der Waals surface area contributed by atoms with Crippen molar-refractivity contribution in [2.75, 3.05) is 32.8 Å². The fourth-order valence-electron chi connectivity index (χ4n) is 5.35. The summed E-state index contributed by atoms with van der Waals surface area (Å²) in [5, 5.41) is 19.9. The molecule has 1 aliphatic carbocycles. The van der Waals surface area contributed by atoms with Gasteiger partial charge in [-0.1, -0.05) is 12.1 Å². The molecule has 0 bridgehead atoms. The Bertz CT molecular complexity index is 1010. The molecular formula is C28H42FN2O5+3. The summed E-state index contributed by atoms with van der Waals surface area (Å²) in [5.41, 5.74) is 1.52. The molecule has 0 saturated carbocycles. The number of halogens is 1. The number of carbonyl (C=O) groups excluding carboxylic acids is 1. The van der Waals surface area contributed by atoms with Crippen LogP contribution in [0.25, 0.3) is 5.57 Å². The van der Waals surface area contributed by atoms with Crippen LogP contribution in [-0.2, 0) is 4.74 Å². The molecular weight excluding hydrogens is 463 g/mol. The maximum atomic E-state index is 14.8. The molecule has 7 nitrogen and oxygen atoms in total. The fourth-order valence-corrected chi connectivity index (χ4v) is 5.35. The summed E-state index contributed by atoms with van der Waals surface area (Å²) in [6, 6.07) is 5.17. The van der Waals surface area contributed by atoms with Gasteiger partial charge >= 0.3 is 12.0 Å². The number of ether oxygens (including phenoxy) is 2. The quantitative estimate of drug-likeness (QED) is 0.326. The van der Waals surface area contributed by atoms with Gasteiger partial charge in [-0.25, -0.2) is 14.1 Å². The zero-order valence-electron chi connectivity index (χ0n) is 21.8. The molecule has 8 heteroatoms. The van der Waals surface area contributed by atoms with Gasteiger partial charge in [0.15, 0.2) is 11.6 Å². The number of aliphatic hydroxyl groups excluding tert-OH is 2. The number of hydrogen-bond acceptors (Lipinski definition) is 3. The van der Waals surface area contributed by atoms with Gasteiger partial charge in [-0.05, 0) is 63.3 Å². The molecule has 0 spiro atoms. The number of likely N-dealkylation sites (tertiary alicyclic amines) is 1. The summed E-state index contributed by atoms with van der Waals surface area (Å²) in [6.45, 7) is 8.86. The second-order valence-electron chi connectivity index (χ2n) is 11.5. The Morgan fingerprint density at radius 1 is 1.19 bits per heavy atom. The van der Waals surface area contributed by atoms with Crippen molar-refractivity contribution < 1.29 is 38.3 Å². The maximum absolute atomic E-state index is 14.8. The molecule has 2 unspecified atom stereocenters. The van der Waals surface area contributed by atoms with Crippen LogP contribution in [0.4, 0.5) is 4.39 Å². The van der Waals surface area contributed by atoms with Gasteiger partial charge in [0.2, 0.25) is 0 Å². The van der Waals surface area contributed by atoms with Crippen molar-refractivity contribution in [2.24, 2.45) is 11.8 Å². The lowest BCUT2D eigenvalue weighted by Gasteiger charge is -2.23. The summed E-state index contributed by atoms with van der Waals surface area (Å²) < 4.78 is 28.1. The average molecular weight is 506 g/mol. The van der Waals surface area contributed by atoms with E-state index in [9.17, 15) is 19.4 Å². The van der Waals surface area contributed by atoms with Crippen LogP contribution in [0.5, 0.6) is 5.75 Å². The zero-order valence-corrected chi connectivity index (χ0v) is 21.8. The largest absolute Gasteiger partial charge is 0.547 e. The van der Waals surface area contributed by atoms with Crippen molar-refractivity contribution in [3.63, 3.8) is 0 Å². The van der Waals surface area contributed by atoms with Crippen LogP contribution in [0, 0.1) is 17.7 Å². The molecule has 0 aromatic heterocycles. The first kappa shape index (κ1) is 26.6. The Morgan fingerprint density at radius 3 is 2.53 bits per heavy atom. The normalized spacial score (nSPS) is 26.9. The molecule has 0 radical (unpaired) electrons. The predicted octanol–water partition coefficient (Wildman–Crippen LogP) is 2.69. The van der Waals surface area contributed by atoms with Crippen LogP contribution < -0.4 is 9.64 Å². The van der Waals surface area contributed by atoms with Crippen LogP contribution in [0.15, 0.2) is 24.3 Å². The molecule has 2 saturated heterocycles. The van der Waals surface area contributed by atoms with Crippen molar-refractivity contribution in [1.82, 2.24) is 0 Å². The zero-order chi connectivity index (χ0) is 25.9. The van der Waals surface area contributed by atoms with Gasteiger partial charge in [-0.2, -0.15) is 4.58 Å². The molecule has 1 aromatic carbocycles. The number of benzene rings is 1. The van der Waals surface area contributed by atoms with E-state index in [0.717, 1.165) is 61.1 Å². The van der Waals surface area contributed by atoms with Crippen LogP contribution in [0.3, 0.4) is 0 Å². The van der Waals surface area contributed by atoms with Crippen LogP contribution in [0.2, 0.25) is 0 Å². The van der Waals surface area contributed by atoms with Gasteiger partial charge in [-0.3, -0.25) is 0 Å². The second-order valence-corrected chi connectivity index (χ2v) is 11.5. The number of rotatable bonds is 5. The smallest absolute Gasteiger partial charge is 0.490 e. The van der Waals surface area contributed by atoms with Gasteiger partial charge < -0.3 is 19.7 Å². The van der Waals surface area contributed by atoms with Crippen molar-refractivity contribution in [3.8, 4) is 5.75 Å². The van der Waals surface area contributed by atoms with E-state index in [0.29, 0.717) is 38.1 Å². The van der Waals surface area contributed by atoms with Gasteiger partial charge in [0, 0.05) is 25.2 Å². The van der Waals surface area contributed by atoms with Gasteiger partial charge in [0.25, 0.3) is 0 Å². The summed E-state index contributed by atoms with van der Waals surface area (Å²) in [5.74, 6) is 0.749. The summed E-state index contributed by atoms with van der Waals surface area (Å²) in [7, 11) is 0. The highest BCUT2D eigenvalue weighted by atomic mass is 19.1. The summed E-state index contributed by atoms with van der Waals surface area (Å²) in [4.78, 5) is 11.6. The minimum atomic E-state index is -0.442. The first-order valence-electron chi connectivity index (χ1n) is 13.3. The minimum Gasteiger partial charge on any atom is -0.490 e. The SMILES string of the molecule is CC(C)(C)OC(O)=[N+]1CCC(COc2ccc(C3=CCC(C(=[OH+])[NH+]4CC[C@H](O)C4)CC3)cc2F)CC1. The Hall–Kier alpha value is -2.45. The van der Waals surface area contributed by atoms with Crippen molar-refractivity contribution in [1.29, 1.82) is 0 Å². The number of aliphatic hydroxyl groups is 2. The minimum absolute atomic E-state index is 0.0315. The van der Waals surface area contributed by atoms with Gasteiger partial charge in [0.05, 0.1) is 13.2 Å². The molecule has 1 aromatic rings. The van der Waals surface area contributed by atoms with E-state index in [1.807, 2.05) is 31.4 Å². The van der Waals surface area contributed by atoms with E-state index < -0.39 is 5.60 Å². The highest BCUT2D eigenvalue weighted by molar-refractivity contribution is 5.75. The number of hydrogen-bond donors (Lipinski definition) is 3. The number of nitrogens with one attached hydrogen (secondary N) is 1. The third-order valence-corrected chi connectivity index (χ3v) is 7.48.